The largest absolute Gasteiger partial charge is 0.486 e. The topological polar surface area (TPSA) is 76.2 Å². The maximum absolute atomic E-state index is 13.3. The van der Waals surface area contributed by atoms with Crippen molar-refractivity contribution in [1.82, 2.24) is 9.21 Å². The van der Waals surface area contributed by atoms with Gasteiger partial charge in [-0.2, -0.15) is 4.31 Å². The first kappa shape index (κ1) is 20.6. The maximum atomic E-state index is 13.3. The lowest BCUT2D eigenvalue weighted by Gasteiger charge is -2.36. The van der Waals surface area contributed by atoms with Crippen molar-refractivity contribution in [1.29, 1.82) is 0 Å². The number of hydrogen-bond donors (Lipinski definition) is 0. The molecule has 1 saturated carbocycles. The van der Waals surface area contributed by atoms with E-state index < -0.39 is 15.4 Å². The van der Waals surface area contributed by atoms with Crippen LogP contribution in [0.3, 0.4) is 0 Å². The van der Waals surface area contributed by atoms with Crippen molar-refractivity contribution in [2.45, 2.75) is 23.2 Å². The highest BCUT2D eigenvalue weighted by Gasteiger charge is 2.53. The third kappa shape index (κ3) is 3.66. The maximum Gasteiger partial charge on any atom is 0.243 e. The summed E-state index contributed by atoms with van der Waals surface area (Å²) in [7, 11) is -3.68. The van der Waals surface area contributed by atoms with Gasteiger partial charge in [-0.3, -0.25) is 4.79 Å². The Morgan fingerprint density at radius 1 is 0.935 bits per heavy atom. The molecule has 0 bridgehead atoms. The molecule has 2 aromatic carbocycles. The molecule has 2 fully saturated rings. The summed E-state index contributed by atoms with van der Waals surface area (Å²) in [6.07, 6.45) is 1.59. The highest BCUT2D eigenvalue weighted by molar-refractivity contribution is 7.89. The Balaban J connectivity index is 1.28. The summed E-state index contributed by atoms with van der Waals surface area (Å²) in [6, 6.07) is 12.1. The second-order valence-electron chi connectivity index (χ2n) is 8.09. The average Bonchev–Trinajstić information content (AvgIpc) is 3.60. The minimum absolute atomic E-state index is 0.0612. The van der Waals surface area contributed by atoms with Gasteiger partial charge >= 0.3 is 0 Å². The minimum atomic E-state index is -3.68. The first-order valence-electron chi connectivity index (χ1n) is 10.4. The van der Waals surface area contributed by atoms with E-state index in [2.05, 4.69) is 0 Å². The van der Waals surface area contributed by atoms with Crippen LogP contribution >= 0.6 is 11.6 Å². The standard InChI is InChI=1S/C22H23ClN2O5S/c23-17-3-1-2-16(14-17)22(6-7-22)21(26)24-8-10-25(11-9-24)31(27,28)18-4-5-19-20(15-18)30-13-12-29-19/h1-5,14-15H,6-13H2. The molecule has 1 saturated heterocycles. The van der Waals surface area contributed by atoms with E-state index >= 15 is 0 Å². The van der Waals surface area contributed by atoms with Gasteiger partial charge in [-0.15, -0.1) is 0 Å². The van der Waals surface area contributed by atoms with E-state index in [0.29, 0.717) is 42.8 Å². The van der Waals surface area contributed by atoms with Gasteiger partial charge in [0, 0.05) is 37.3 Å². The Bertz CT molecular complexity index is 1120. The van der Waals surface area contributed by atoms with Crippen LogP contribution < -0.4 is 9.47 Å². The molecule has 0 atom stereocenters. The molecule has 0 radical (unpaired) electrons. The van der Waals surface area contributed by atoms with Gasteiger partial charge in [0.2, 0.25) is 15.9 Å². The van der Waals surface area contributed by atoms with Crippen molar-refractivity contribution in [3.05, 3.63) is 53.1 Å². The van der Waals surface area contributed by atoms with Crippen LogP contribution in [0.25, 0.3) is 0 Å². The van der Waals surface area contributed by atoms with Crippen molar-refractivity contribution in [3.63, 3.8) is 0 Å². The summed E-state index contributed by atoms with van der Waals surface area (Å²) >= 11 is 6.13. The predicted octanol–water partition coefficient (Wildman–Crippen LogP) is 2.68. The SMILES string of the molecule is O=C(N1CCN(S(=O)(=O)c2ccc3c(c2)OCCO3)CC1)C1(c2cccc(Cl)c2)CC1. The molecule has 1 aliphatic carbocycles. The molecule has 0 N–H and O–H groups in total. The zero-order valence-corrected chi connectivity index (χ0v) is 18.5. The number of ether oxygens (including phenoxy) is 2. The number of rotatable bonds is 4. The lowest BCUT2D eigenvalue weighted by Crippen LogP contribution is -2.52. The minimum Gasteiger partial charge on any atom is -0.486 e. The molecule has 7 nitrogen and oxygen atoms in total. The highest BCUT2D eigenvalue weighted by Crippen LogP contribution is 2.50. The number of piperazine rings is 1. The Hall–Kier alpha value is -2.29. The van der Waals surface area contributed by atoms with Gasteiger partial charge in [0.25, 0.3) is 0 Å². The monoisotopic (exact) mass is 462 g/mol. The van der Waals surface area contributed by atoms with Crippen molar-refractivity contribution in [3.8, 4) is 11.5 Å². The number of benzene rings is 2. The molecule has 2 heterocycles. The third-order valence-corrected chi connectivity index (χ3v) is 8.34. The zero-order chi connectivity index (χ0) is 21.6. The van der Waals surface area contributed by atoms with Crippen LogP contribution in [0.2, 0.25) is 5.02 Å². The molecule has 2 aliphatic heterocycles. The summed E-state index contributed by atoms with van der Waals surface area (Å²) in [5.74, 6) is 1.06. The van der Waals surface area contributed by atoms with E-state index in [4.69, 9.17) is 21.1 Å². The first-order valence-corrected chi connectivity index (χ1v) is 12.2. The zero-order valence-electron chi connectivity index (χ0n) is 16.9. The summed E-state index contributed by atoms with van der Waals surface area (Å²) in [4.78, 5) is 15.2. The molecule has 0 unspecified atom stereocenters. The van der Waals surface area contributed by atoms with Gasteiger partial charge in [0.15, 0.2) is 11.5 Å². The van der Waals surface area contributed by atoms with Crippen molar-refractivity contribution >= 4 is 27.5 Å². The Morgan fingerprint density at radius 3 is 2.32 bits per heavy atom. The molecule has 5 rings (SSSR count). The molecule has 3 aliphatic rings. The van der Waals surface area contributed by atoms with Gasteiger partial charge in [0.05, 0.1) is 10.3 Å². The van der Waals surface area contributed by atoms with E-state index in [1.807, 2.05) is 18.2 Å². The number of hydrogen-bond acceptors (Lipinski definition) is 5. The molecule has 9 heteroatoms. The molecule has 0 aromatic heterocycles. The number of nitrogens with zero attached hydrogens (tertiary/aromatic N) is 2. The van der Waals surface area contributed by atoms with Crippen molar-refractivity contribution < 1.29 is 22.7 Å². The van der Waals surface area contributed by atoms with Crippen LogP contribution in [0.5, 0.6) is 11.5 Å². The van der Waals surface area contributed by atoms with Crippen LogP contribution in [-0.2, 0) is 20.2 Å². The molecule has 0 spiro atoms. The number of carbonyl (C=O) groups is 1. The highest BCUT2D eigenvalue weighted by atomic mass is 35.5. The number of carbonyl (C=O) groups excluding carboxylic acids is 1. The number of fused-ring (bicyclic) bond motifs is 1. The average molecular weight is 463 g/mol. The fourth-order valence-electron chi connectivity index (χ4n) is 4.30. The van der Waals surface area contributed by atoms with Crippen molar-refractivity contribution in [2.24, 2.45) is 0 Å². The molecular weight excluding hydrogens is 440 g/mol. The molecular formula is C22H23ClN2O5S. The van der Waals surface area contributed by atoms with E-state index in [0.717, 1.165) is 18.4 Å². The molecule has 2 aromatic rings. The van der Waals surface area contributed by atoms with Crippen LogP contribution in [0.1, 0.15) is 18.4 Å². The summed E-state index contributed by atoms with van der Waals surface area (Å²) in [5.41, 5.74) is 0.429. The Labute approximate surface area is 186 Å². The number of halogens is 1. The number of amides is 1. The van der Waals surface area contributed by atoms with Crippen LogP contribution in [0, 0.1) is 0 Å². The van der Waals surface area contributed by atoms with Crippen LogP contribution in [0.15, 0.2) is 47.4 Å². The van der Waals surface area contributed by atoms with E-state index in [1.165, 1.54) is 10.4 Å². The smallest absolute Gasteiger partial charge is 0.243 e. The summed E-state index contributed by atoms with van der Waals surface area (Å²) < 4.78 is 38.7. The quantitative estimate of drug-likeness (QED) is 0.698. The van der Waals surface area contributed by atoms with Gasteiger partial charge in [-0.05, 0) is 42.7 Å². The molecule has 1 amide bonds. The fraction of sp³-hybridized carbons (Fsp3) is 0.409. The lowest BCUT2D eigenvalue weighted by molar-refractivity contribution is -0.135. The van der Waals surface area contributed by atoms with Gasteiger partial charge in [-0.25, -0.2) is 8.42 Å². The second kappa shape index (κ2) is 7.69. The lowest BCUT2D eigenvalue weighted by atomic mass is 9.94. The van der Waals surface area contributed by atoms with Gasteiger partial charge in [-0.1, -0.05) is 23.7 Å². The fourth-order valence-corrected chi connectivity index (χ4v) is 5.93. The molecule has 31 heavy (non-hydrogen) atoms. The third-order valence-electron chi connectivity index (χ3n) is 6.21. The predicted molar refractivity (Wildman–Crippen MR) is 115 cm³/mol. The first-order chi connectivity index (χ1) is 14.9. The van der Waals surface area contributed by atoms with Gasteiger partial charge in [0.1, 0.15) is 13.2 Å². The van der Waals surface area contributed by atoms with E-state index in [9.17, 15) is 13.2 Å². The van der Waals surface area contributed by atoms with E-state index in [1.54, 1.807) is 23.1 Å². The molecule has 164 valence electrons. The van der Waals surface area contributed by atoms with Crippen LogP contribution in [0.4, 0.5) is 0 Å². The van der Waals surface area contributed by atoms with Gasteiger partial charge < -0.3 is 14.4 Å². The van der Waals surface area contributed by atoms with Crippen LogP contribution in [-0.4, -0.2) is 62.9 Å². The normalized spacial score (nSPS) is 20.4. The summed E-state index contributed by atoms with van der Waals surface area (Å²) in [6.45, 7) is 2.09. The Morgan fingerprint density at radius 2 is 1.65 bits per heavy atom. The Kier molecular flexibility index (Phi) is 5.11. The number of sulfonamides is 1. The van der Waals surface area contributed by atoms with Crippen molar-refractivity contribution in [2.75, 3.05) is 39.4 Å². The summed E-state index contributed by atoms with van der Waals surface area (Å²) in [5, 5.41) is 0.618. The van der Waals surface area contributed by atoms with E-state index in [-0.39, 0.29) is 23.9 Å². The second-order valence-corrected chi connectivity index (χ2v) is 10.5.